The van der Waals surface area contributed by atoms with E-state index in [9.17, 15) is 9.18 Å². The zero-order chi connectivity index (χ0) is 21.7. The first kappa shape index (κ1) is 21.1. The molecule has 0 aliphatic heterocycles. The van der Waals surface area contributed by atoms with Gasteiger partial charge >= 0.3 is 5.97 Å². The fourth-order valence-electron chi connectivity index (χ4n) is 2.78. The zero-order valence-electron chi connectivity index (χ0n) is 17.1. The number of esters is 1. The first-order chi connectivity index (χ1) is 14.3. The highest BCUT2D eigenvalue weighted by Crippen LogP contribution is 2.29. The van der Waals surface area contributed by atoms with Gasteiger partial charge in [0.25, 0.3) is 0 Å². The topological polar surface area (TPSA) is 35.5 Å². The average Bonchev–Trinajstić information content (AvgIpc) is 2.73. The zero-order valence-corrected chi connectivity index (χ0v) is 17.1. The van der Waals surface area contributed by atoms with Crippen molar-refractivity contribution in [3.05, 3.63) is 96.9 Å². The van der Waals surface area contributed by atoms with Crippen LogP contribution in [0.2, 0.25) is 0 Å². The lowest BCUT2D eigenvalue weighted by atomic mass is 10.00. The lowest BCUT2D eigenvalue weighted by Gasteiger charge is -2.09. The van der Waals surface area contributed by atoms with E-state index in [1.165, 1.54) is 13.0 Å². The van der Waals surface area contributed by atoms with E-state index in [0.717, 1.165) is 28.0 Å². The van der Waals surface area contributed by atoms with Gasteiger partial charge in [0.05, 0.1) is 0 Å². The monoisotopic (exact) mass is 402 g/mol. The van der Waals surface area contributed by atoms with E-state index >= 15 is 0 Å². The number of hydrogen-bond acceptors (Lipinski definition) is 3. The molecule has 152 valence electrons. The van der Waals surface area contributed by atoms with Crippen molar-refractivity contribution in [1.82, 2.24) is 0 Å². The molecular formula is C26H23FO3. The lowest BCUT2D eigenvalue weighted by Crippen LogP contribution is -2.08. The van der Waals surface area contributed by atoms with Crippen LogP contribution in [0.15, 0.2) is 91.0 Å². The summed E-state index contributed by atoms with van der Waals surface area (Å²) in [4.78, 5) is 11.6. The summed E-state index contributed by atoms with van der Waals surface area (Å²) in [6, 6.07) is 19.7. The molecule has 0 fully saturated rings. The summed E-state index contributed by atoms with van der Waals surface area (Å²) in [5.41, 5.74) is 4.43. The Balaban J connectivity index is 1.74. The first-order valence-corrected chi connectivity index (χ1v) is 9.49. The van der Waals surface area contributed by atoms with Crippen molar-refractivity contribution in [1.29, 1.82) is 0 Å². The Hall–Kier alpha value is -3.66. The van der Waals surface area contributed by atoms with Gasteiger partial charge in [-0.3, -0.25) is 0 Å². The molecule has 0 saturated carbocycles. The van der Waals surface area contributed by atoms with E-state index in [4.69, 9.17) is 9.47 Å². The summed E-state index contributed by atoms with van der Waals surface area (Å²) in [6.07, 6.45) is 0. The molecule has 4 heteroatoms. The normalized spacial score (nSPS) is 10.4. The van der Waals surface area contributed by atoms with Gasteiger partial charge in [-0.15, -0.1) is 0 Å². The molecule has 0 amide bonds. The molecule has 0 N–H and O–H groups in total. The third kappa shape index (κ3) is 5.23. The van der Waals surface area contributed by atoms with Crippen LogP contribution in [-0.2, 0) is 4.79 Å². The molecule has 3 aromatic rings. The quantitative estimate of drug-likeness (QED) is 0.193. The largest absolute Gasteiger partial charge is 0.489 e. The van der Waals surface area contributed by atoms with Crippen LogP contribution in [0.3, 0.4) is 0 Å². The molecule has 0 unspecified atom stereocenters. The second-order valence-electron chi connectivity index (χ2n) is 7.16. The highest BCUT2D eigenvalue weighted by atomic mass is 19.1. The molecule has 0 aliphatic rings. The summed E-state index contributed by atoms with van der Waals surface area (Å²) >= 11 is 0. The van der Waals surface area contributed by atoms with Crippen LogP contribution in [0.25, 0.3) is 22.3 Å². The third-order valence-electron chi connectivity index (χ3n) is 4.37. The fourth-order valence-corrected chi connectivity index (χ4v) is 2.78. The van der Waals surface area contributed by atoms with E-state index < -0.39 is 11.8 Å². The van der Waals surface area contributed by atoms with Gasteiger partial charge in [0.1, 0.15) is 23.9 Å². The standard InChI is InChI=1S/C26H23FO3/c1-17(2)16-29-22-11-9-20(10-12-22)19-5-7-21(8-6-19)24-14-13-23(15-25(24)27)30-26(28)18(3)4/h5-15H,1,3,16H2,2,4H3. The summed E-state index contributed by atoms with van der Waals surface area (Å²) < 4.78 is 25.2. The number of carbonyl (C=O) groups is 1. The van der Waals surface area contributed by atoms with Crippen molar-refractivity contribution in [3.8, 4) is 33.8 Å². The van der Waals surface area contributed by atoms with Gasteiger partial charge in [0.2, 0.25) is 0 Å². The fraction of sp³-hybridized carbons (Fsp3) is 0.115. The smallest absolute Gasteiger partial charge is 0.338 e. The van der Waals surface area contributed by atoms with Gasteiger partial charge in [0.15, 0.2) is 0 Å². The van der Waals surface area contributed by atoms with Crippen molar-refractivity contribution >= 4 is 5.97 Å². The number of benzene rings is 3. The number of rotatable bonds is 7. The Morgan fingerprint density at radius 2 is 1.37 bits per heavy atom. The molecule has 0 aromatic heterocycles. The molecule has 0 aliphatic carbocycles. The van der Waals surface area contributed by atoms with Gasteiger partial charge in [0, 0.05) is 17.2 Å². The number of halogens is 1. The van der Waals surface area contributed by atoms with Gasteiger partial charge in [-0.2, -0.15) is 0 Å². The highest BCUT2D eigenvalue weighted by Gasteiger charge is 2.10. The molecule has 0 saturated heterocycles. The second kappa shape index (κ2) is 9.23. The molecule has 0 bridgehead atoms. The summed E-state index contributed by atoms with van der Waals surface area (Å²) in [5.74, 6) is -0.112. The molecular weight excluding hydrogens is 379 g/mol. The van der Waals surface area contributed by atoms with Gasteiger partial charge in [-0.1, -0.05) is 49.6 Å². The predicted molar refractivity (Wildman–Crippen MR) is 118 cm³/mol. The Kier molecular flexibility index (Phi) is 6.48. The molecule has 0 spiro atoms. The summed E-state index contributed by atoms with van der Waals surface area (Å²) in [5, 5.41) is 0. The molecule has 3 nitrogen and oxygen atoms in total. The number of hydrogen-bond donors (Lipinski definition) is 0. The lowest BCUT2D eigenvalue weighted by molar-refractivity contribution is -0.130. The molecule has 0 radical (unpaired) electrons. The van der Waals surface area contributed by atoms with Crippen LogP contribution in [0.4, 0.5) is 4.39 Å². The van der Waals surface area contributed by atoms with Crippen LogP contribution in [0, 0.1) is 5.82 Å². The van der Waals surface area contributed by atoms with Crippen LogP contribution >= 0.6 is 0 Å². The molecule has 3 rings (SSSR count). The summed E-state index contributed by atoms with van der Waals surface area (Å²) in [6.45, 7) is 11.3. The van der Waals surface area contributed by atoms with Crippen LogP contribution in [-0.4, -0.2) is 12.6 Å². The molecule has 3 aromatic carbocycles. The Bertz CT molecular complexity index is 1080. The van der Waals surface area contributed by atoms with Gasteiger partial charge in [-0.05, 0) is 60.4 Å². The van der Waals surface area contributed by atoms with Crippen molar-refractivity contribution < 1.29 is 18.7 Å². The molecule has 30 heavy (non-hydrogen) atoms. The molecule has 0 atom stereocenters. The first-order valence-electron chi connectivity index (χ1n) is 9.49. The molecule has 0 heterocycles. The van der Waals surface area contributed by atoms with Crippen LogP contribution < -0.4 is 9.47 Å². The minimum Gasteiger partial charge on any atom is -0.489 e. The Morgan fingerprint density at radius 3 is 1.90 bits per heavy atom. The predicted octanol–water partition coefficient (Wildman–Crippen LogP) is 6.60. The highest BCUT2D eigenvalue weighted by molar-refractivity contribution is 5.88. The average molecular weight is 402 g/mol. The van der Waals surface area contributed by atoms with Gasteiger partial charge in [-0.25, -0.2) is 9.18 Å². The van der Waals surface area contributed by atoms with Crippen LogP contribution in [0.5, 0.6) is 11.5 Å². The minimum absolute atomic E-state index is 0.148. The van der Waals surface area contributed by atoms with E-state index in [2.05, 4.69) is 13.2 Å². The van der Waals surface area contributed by atoms with Gasteiger partial charge < -0.3 is 9.47 Å². The minimum atomic E-state index is -0.581. The van der Waals surface area contributed by atoms with E-state index in [-0.39, 0.29) is 11.3 Å². The second-order valence-corrected chi connectivity index (χ2v) is 7.16. The number of ether oxygens (including phenoxy) is 2. The third-order valence-corrected chi connectivity index (χ3v) is 4.37. The van der Waals surface area contributed by atoms with E-state index in [1.807, 2.05) is 55.5 Å². The van der Waals surface area contributed by atoms with Crippen molar-refractivity contribution in [2.75, 3.05) is 6.61 Å². The van der Waals surface area contributed by atoms with E-state index in [0.29, 0.717) is 12.2 Å². The maximum atomic E-state index is 14.6. The maximum Gasteiger partial charge on any atom is 0.338 e. The van der Waals surface area contributed by atoms with Crippen molar-refractivity contribution in [2.45, 2.75) is 13.8 Å². The summed E-state index contributed by atoms with van der Waals surface area (Å²) in [7, 11) is 0. The Labute approximate surface area is 176 Å². The SMILES string of the molecule is C=C(C)COc1ccc(-c2ccc(-c3ccc(OC(=O)C(=C)C)cc3F)cc2)cc1. The number of carbonyl (C=O) groups excluding carboxylic acids is 1. The maximum absolute atomic E-state index is 14.6. The van der Waals surface area contributed by atoms with Crippen LogP contribution in [0.1, 0.15) is 13.8 Å². The van der Waals surface area contributed by atoms with E-state index in [1.54, 1.807) is 12.1 Å². The Morgan fingerprint density at radius 1 is 0.833 bits per heavy atom. The van der Waals surface area contributed by atoms with Crippen molar-refractivity contribution in [2.24, 2.45) is 0 Å². The van der Waals surface area contributed by atoms with Crippen molar-refractivity contribution in [3.63, 3.8) is 0 Å².